The maximum Gasteiger partial charge on any atom is 0.411 e. The molecule has 714 valence electrons. The third-order valence-electron chi connectivity index (χ3n) is 21.6. The van der Waals surface area contributed by atoms with Gasteiger partial charge in [0.25, 0.3) is 0 Å². The summed E-state index contributed by atoms with van der Waals surface area (Å²) in [6.07, 6.45) is 9.64. The highest BCUT2D eigenvalue weighted by Crippen LogP contribution is 2.36. The summed E-state index contributed by atoms with van der Waals surface area (Å²) in [4.78, 5) is 130. The van der Waals surface area contributed by atoms with Gasteiger partial charge in [0, 0.05) is 155 Å². The Morgan fingerprint density at radius 3 is 0.969 bits per heavy atom. The number of piperidine rings is 4. The van der Waals surface area contributed by atoms with Gasteiger partial charge in [0.15, 0.2) is 5.78 Å². The lowest BCUT2D eigenvalue weighted by Crippen LogP contribution is -2.63. The van der Waals surface area contributed by atoms with E-state index in [-0.39, 0.29) is 105 Å². The lowest BCUT2D eigenvalue weighted by Gasteiger charge is -2.47. The van der Waals surface area contributed by atoms with E-state index < -0.39 is 22.5 Å². The number of ether oxygens (including phenoxy) is 5. The van der Waals surface area contributed by atoms with Crippen LogP contribution in [0.5, 0.6) is 23.0 Å². The van der Waals surface area contributed by atoms with Crippen molar-refractivity contribution >= 4 is 214 Å². The molecule has 0 atom stereocenters. The minimum absolute atomic E-state index is 0.00370. The standard InChI is InChI=1S/C22H31Cl2N3O4.C20H25Cl2N3O3.C19H23Cl2N3O3.C14H18Cl2N2O2.C8H13NO3.C3H3ClO.C2H6.BBr3/c1-22(2,3)31-21(29)27-12-16(13-27)26-7-5-14(6-8-26)20(28)25-11-15-9-17(23)18(24)10-19(15)30-4;1-3-19(26)25-11-15(12-25)24-6-4-13(5-7-24)20(27)23-10-14-8-16(21)17(22)9-18(14)28-2;1-2-18(26)24-10-14(11-24)23-5-3-12(4-6-23)19(27)22-9-13-7-15(20)16(21)8-17(13)25;1-20-13-7-12(16)11(15)6-10(13)8-18-14(19)9-2-4-17-5-3-9;1-8(2,3)12-7(11)9-4-6(10)5-9;1-2-3(4)5;1-2;2-1(3)4/h9-10,14,16H,5-8,11-13H2,1-4H3,(H,25,28);3,8-9,13,15H,1,4-7,10-12H2,2H3,(H,23,27);2,7-8,12,14,25H,1,3-6,9-11H2,(H,22,27);6-7,9,17H,2-5,8H2,1H3,(H,18,19);4-5H2,1-3H3;2H,1H2;1-2H3;/i;;;;;;1D;. The van der Waals surface area contributed by atoms with Crippen LogP contribution in [0.15, 0.2) is 86.5 Å². The van der Waals surface area contributed by atoms with Gasteiger partial charge in [-0.25, -0.2) is 9.59 Å². The Morgan fingerprint density at radius 1 is 0.457 bits per heavy atom. The van der Waals surface area contributed by atoms with Crippen LogP contribution in [0.2, 0.25) is 40.2 Å². The number of amides is 8. The largest absolute Gasteiger partial charge is 0.508 e. The molecular weight excluding hydrogens is 2050 g/mol. The van der Waals surface area contributed by atoms with Crippen LogP contribution < -0.4 is 40.8 Å². The van der Waals surface area contributed by atoms with Crippen LogP contribution in [-0.2, 0) is 74.0 Å². The number of hydrogen-bond acceptors (Lipinski definition) is 20. The summed E-state index contributed by atoms with van der Waals surface area (Å²) in [5, 5.41) is 27.7. The molecule has 0 unspecified atom stereocenters. The molecule has 8 heterocycles. The highest BCUT2D eigenvalue weighted by Gasteiger charge is 2.42. The van der Waals surface area contributed by atoms with E-state index in [1.807, 2.05) is 20.8 Å². The van der Waals surface area contributed by atoms with Gasteiger partial charge in [-0.2, -0.15) is 0 Å². The number of nitrogens with zero attached hydrogens (tertiary/aromatic N) is 7. The number of halogens is 12. The molecule has 6 N–H and O–H groups in total. The molecule has 41 heteroatoms. The molecule has 0 radical (unpaired) electrons. The molecule has 8 fully saturated rings. The molecule has 4 aromatic carbocycles. The van der Waals surface area contributed by atoms with Crippen molar-refractivity contribution in [1.29, 1.82) is 0 Å². The predicted molar refractivity (Wildman–Crippen MR) is 524 cm³/mol. The number of rotatable bonds is 21. The average molecular weight is 2170 g/mol. The van der Waals surface area contributed by atoms with Crippen molar-refractivity contribution in [3.8, 4) is 23.0 Å². The normalized spacial score (nSPS) is 17.1. The Morgan fingerprint density at radius 2 is 0.705 bits per heavy atom. The second-order valence-electron chi connectivity index (χ2n) is 32.8. The van der Waals surface area contributed by atoms with Gasteiger partial charge in [0.05, 0.1) is 74.6 Å². The first-order chi connectivity index (χ1) is 61.3. The Balaban J connectivity index is 0.000000284. The van der Waals surface area contributed by atoms with Crippen LogP contribution in [0.1, 0.15) is 130 Å². The van der Waals surface area contributed by atoms with E-state index in [2.05, 4.69) is 108 Å². The molecule has 8 aliphatic rings. The van der Waals surface area contributed by atoms with E-state index in [1.165, 1.54) is 23.1 Å². The van der Waals surface area contributed by atoms with E-state index in [1.54, 1.807) is 106 Å². The molecule has 4 aromatic rings. The van der Waals surface area contributed by atoms with Crippen molar-refractivity contribution in [3.63, 3.8) is 0 Å². The SMILES string of the molecule is BrB(Br)Br.C=CC(=O)Cl.C=CC(=O)N1CC(N2CCC(C(=O)NCc3cc(Cl)c(Cl)cc3O)CC2)C1.C=CC(=O)N1CC(N2CCC(C(=O)NCc3cc(Cl)c(Cl)cc3OC)CC2)C1.CC(C)(C)OC(=O)N1CC(=O)C1.COc1cc(Cl)c(Cl)cc1CNC(=O)C1CCN(C2CN(C(=O)OC(C)(C)C)C2)CC1.COc1cc(Cl)c(Cl)cc1CNC(=O)C1CCNCC1.[2H]CC. The van der Waals surface area contributed by atoms with Crippen LogP contribution in [0.4, 0.5) is 9.59 Å². The fourth-order valence-corrected chi connectivity index (χ4v) is 15.7. The first-order valence-electron chi connectivity index (χ1n) is 42.6. The number of hydrogen-bond donors (Lipinski definition) is 6. The zero-order valence-electron chi connectivity index (χ0n) is 75.3. The van der Waals surface area contributed by atoms with Crippen molar-refractivity contribution in [3.05, 3.63) is 149 Å². The molecule has 0 aliphatic carbocycles. The van der Waals surface area contributed by atoms with E-state index in [4.69, 9.17) is 129 Å². The van der Waals surface area contributed by atoms with Gasteiger partial charge >= 0.3 is 15.4 Å². The summed E-state index contributed by atoms with van der Waals surface area (Å²) in [6.45, 7) is 36.3. The maximum atomic E-state index is 12.7. The molecule has 129 heavy (non-hydrogen) atoms. The van der Waals surface area contributed by atoms with Crippen molar-refractivity contribution in [2.75, 3.05) is 126 Å². The van der Waals surface area contributed by atoms with Crippen LogP contribution >= 0.6 is 152 Å². The van der Waals surface area contributed by atoms with E-state index >= 15 is 0 Å². The monoisotopic (exact) mass is 2160 g/mol. The minimum Gasteiger partial charge on any atom is -0.508 e. The van der Waals surface area contributed by atoms with Crippen molar-refractivity contribution in [2.24, 2.45) is 23.7 Å². The number of allylic oxidation sites excluding steroid dienone is 1. The molecule has 0 saturated carbocycles. The summed E-state index contributed by atoms with van der Waals surface area (Å²) in [6, 6.07) is 14.2. The van der Waals surface area contributed by atoms with Crippen LogP contribution in [0.25, 0.3) is 0 Å². The quantitative estimate of drug-likeness (QED) is 0.0256. The predicted octanol–water partition coefficient (Wildman–Crippen LogP) is 16.6. The van der Waals surface area contributed by atoms with Gasteiger partial charge in [-0.15, -0.1) is 47.3 Å². The molecule has 28 nitrogen and oxygen atoms in total. The number of methoxy groups -OCH3 is 3. The zero-order valence-corrected chi connectivity index (χ0v) is 85.9. The van der Waals surface area contributed by atoms with Crippen LogP contribution in [-0.4, -0.2) is 257 Å². The number of ketones is 1. The molecule has 0 spiro atoms. The van der Waals surface area contributed by atoms with Crippen molar-refractivity contribution in [1.82, 2.24) is 60.9 Å². The lowest BCUT2D eigenvalue weighted by atomic mass is 9.93. The van der Waals surface area contributed by atoms with Crippen molar-refractivity contribution < 1.29 is 78.1 Å². The maximum absolute atomic E-state index is 12.7. The van der Waals surface area contributed by atoms with Crippen molar-refractivity contribution in [2.45, 2.75) is 162 Å². The lowest BCUT2D eigenvalue weighted by molar-refractivity contribution is -0.135. The zero-order chi connectivity index (χ0) is 97.0. The molecule has 0 aromatic heterocycles. The first kappa shape index (κ1) is 112. The number of carbonyl (C=O) groups is 10. The number of carbonyl (C=O) groups excluding carboxylic acids is 10. The second-order valence-corrected chi connectivity index (χ2v) is 42.9. The Bertz CT molecular complexity index is 4480. The number of nitrogens with one attached hydrogen (secondary N) is 5. The molecule has 8 saturated heterocycles. The summed E-state index contributed by atoms with van der Waals surface area (Å²) >= 11 is 62.0. The molecule has 8 amide bonds. The highest BCUT2D eigenvalue weighted by atomic mass is 79.9. The average Bonchev–Trinajstić information content (AvgIpc) is 0.808. The van der Waals surface area contributed by atoms with Gasteiger partial charge in [0.2, 0.25) is 40.7 Å². The molecule has 12 rings (SSSR count). The smallest absolute Gasteiger partial charge is 0.411 e. The van der Waals surface area contributed by atoms with Crippen LogP contribution in [0, 0.1) is 23.7 Å². The summed E-state index contributed by atoms with van der Waals surface area (Å²) in [7, 11) is 4.69. The third-order valence-corrected chi connectivity index (χ3v) is 24.7. The number of phenolic OH excluding ortho intramolecular Hbond substituents is 1. The van der Waals surface area contributed by atoms with Gasteiger partial charge in [-0.3, -0.25) is 58.0 Å². The number of phenols is 1. The van der Waals surface area contributed by atoms with Gasteiger partial charge in [-0.05, 0) is 199 Å². The molecular formula is C88H119BBr3Cl9N12O16. The molecule has 8 aliphatic heterocycles. The topological polar surface area (TPSA) is 320 Å². The van der Waals surface area contributed by atoms with E-state index in [0.717, 1.165) is 153 Å². The number of Topliss-reactive ketones (excluding diaryl/α,β-unsaturated/α-hetero) is 1. The number of aromatic hydroxyl groups is 1. The van der Waals surface area contributed by atoms with E-state index in [9.17, 15) is 53.1 Å². The van der Waals surface area contributed by atoms with Gasteiger partial charge in [-0.1, -0.05) is 126 Å². The van der Waals surface area contributed by atoms with E-state index in [0.29, 0.717) is 116 Å². The fraction of sp³-hybridized carbons (Fsp3) is 0.545. The number of benzene rings is 4. The van der Waals surface area contributed by atoms with Crippen LogP contribution in [0.3, 0.4) is 0 Å². The summed E-state index contributed by atoms with van der Waals surface area (Å²) in [5.74, 6) is 2.07. The first-order valence-corrected chi connectivity index (χ1v) is 48.0. The summed E-state index contributed by atoms with van der Waals surface area (Å²) in [5.41, 5.74) is 2.00. The van der Waals surface area contributed by atoms with Gasteiger partial charge in [0.1, 0.15) is 34.2 Å². The number of likely N-dealkylation sites (tertiary alicyclic amines) is 7. The van der Waals surface area contributed by atoms with Gasteiger partial charge < -0.3 is 70.1 Å². The highest BCUT2D eigenvalue weighted by molar-refractivity contribution is 9.69. The minimum atomic E-state index is -0.509. The Hall–Kier alpha value is -6.05. The second kappa shape index (κ2) is 56.3. The molecule has 0 bridgehead atoms. The Labute approximate surface area is 829 Å². The third kappa shape index (κ3) is 38.3. The fourth-order valence-electron chi connectivity index (χ4n) is 14.4. The Kier molecular flexibility index (Phi) is 48.8. The summed E-state index contributed by atoms with van der Waals surface area (Å²) < 4.78 is 32.8.